The average molecular weight is 733 g/mol. The zero-order valence-corrected chi connectivity index (χ0v) is 29.8. The highest BCUT2D eigenvalue weighted by atomic mass is 32.1. The molecular formula is C49H29N3S2. The van der Waals surface area contributed by atoms with Gasteiger partial charge in [0.05, 0.1) is 12.3 Å². The van der Waals surface area contributed by atoms with Crippen LogP contribution in [0.3, 0.4) is 0 Å². The lowest BCUT2D eigenvalue weighted by atomic mass is 9.99. The molecule has 0 aliphatic rings. The van der Waals surface area contributed by atoms with E-state index >= 15 is 0 Å². The minimum Gasteiger partial charge on any atom is -0.208 e. The van der Waals surface area contributed by atoms with Gasteiger partial charge in [-0.05, 0) is 51.2 Å². The van der Waals surface area contributed by atoms with Crippen LogP contribution in [0.25, 0.3) is 108 Å². The Morgan fingerprint density at radius 1 is 0.407 bits per heavy atom. The summed E-state index contributed by atoms with van der Waals surface area (Å²) in [5.41, 5.74) is 5.63. The maximum Gasteiger partial charge on any atom is 0.164 e. The lowest BCUT2D eigenvalue weighted by Crippen LogP contribution is -2.00. The fourth-order valence-corrected chi connectivity index (χ4v) is 9.32. The highest BCUT2D eigenvalue weighted by Crippen LogP contribution is 2.42. The largest absolute Gasteiger partial charge is 0.208 e. The van der Waals surface area contributed by atoms with Gasteiger partial charge in [0, 0.05) is 57.0 Å². The molecule has 0 saturated heterocycles. The molecule has 0 unspecified atom stereocenters. The van der Waals surface area contributed by atoms with E-state index in [2.05, 4.69) is 36.4 Å². The molecule has 0 atom stereocenters. The molecular weight excluding hydrogens is 695 g/mol. The van der Waals surface area contributed by atoms with E-state index in [-0.39, 0.29) is 72.5 Å². The molecule has 0 N–H and O–H groups in total. The number of hydrogen-bond acceptors (Lipinski definition) is 5. The molecule has 3 aromatic heterocycles. The van der Waals surface area contributed by atoms with E-state index in [1.165, 1.54) is 0 Å². The van der Waals surface area contributed by atoms with Crippen LogP contribution in [0.4, 0.5) is 0 Å². The second-order valence-electron chi connectivity index (χ2n) is 12.9. The van der Waals surface area contributed by atoms with Crippen molar-refractivity contribution in [3.8, 4) is 56.4 Å². The van der Waals surface area contributed by atoms with Crippen molar-refractivity contribution in [1.29, 1.82) is 0 Å². The lowest BCUT2D eigenvalue weighted by molar-refractivity contribution is 1.08. The molecule has 11 aromatic rings. The van der Waals surface area contributed by atoms with Crippen molar-refractivity contribution in [2.75, 3.05) is 0 Å². The van der Waals surface area contributed by atoms with Gasteiger partial charge in [-0.15, -0.1) is 22.7 Å². The van der Waals surface area contributed by atoms with Gasteiger partial charge in [0.2, 0.25) is 0 Å². The quantitative estimate of drug-likeness (QED) is 0.177. The number of rotatable bonds is 5. The molecule has 0 spiro atoms. The van der Waals surface area contributed by atoms with Gasteiger partial charge in [0.15, 0.2) is 17.5 Å². The first kappa shape index (κ1) is 23.2. The average Bonchev–Trinajstić information content (AvgIpc) is 3.91. The van der Waals surface area contributed by atoms with Crippen LogP contribution in [0.5, 0.6) is 0 Å². The predicted octanol–water partition coefficient (Wildman–Crippen LogP) is 14.1. The number of nitrogens with zero attached hydrogens (tertiary/aromatic N) is 3. The Morgan fingerprint density at radius 3 is 1.89 bits per heavy atom. The minimum atomic E-state index is -0.515. The fourth-order valence-electron chi connectivity index (χ4n) is 7.03. The lowest BCUT2D eigenvalue weighted by Gasteiger charge is -2.10. The molecule has 8 aromatic carbocycles. The van der Waals surface area contributed by atoms with Crippen LogP contribution >= 0.6 is 22.7 Å². The summed E-state index contributed by atoms with van der Waals surface area (Å²) in [6.07, 6.45) is 0. The predicted molar refractivity (Wildman–Crippen MR) is 230 cm³/mol. The van der Waals surface area contributed by atoms with E-state index in [1.807, 2.05) is 84.9 Å². The summed E-state index contributed by atoms with van der Waals surface area (Å²) >= 11 is 2.67. The first-order chi connectivity index (χ1) is 30.5. The number of aromatic nitrogens is 3. The molecule has 0 aliphatic carbocycles. The van der Waals surface area contributed by atoms with Gasteiger partial charge in [-0.25, -0.2) is 15.0 Å². The van der Waals surface area contributed by atoms with Gasteiger partial charge in [-0.1, -0.05) is 158 Å². The van der Waals surface area contributed by atoms with E-state index in [0.717, 1.165) is 53.8 Å². The van der Waals surface area contributed by atoms with Crippen LogP contribution in [0.2, 0.25) is 0 Å². The molecule has 5 heteroatoms. The number of hydrogen-bond donors (Lipinski definition) is 0. The van der Waals surface area contributed by atoms with E-state index in [0.29, 0.717) is 22.8 Å². The third-order valence-corrected chi connectivity index (χ3v) is 11.9. The molecule has 0 fully saturated rings. The third-order valence-electron chi connectivity index (χ3n) is 9.64. The molecule has 252 valence electrons. The Kier molecular flexibility index (Phi) is 5.40. The zero-order valence-electron chi connectivity index (χ0n) is 37.2. The van der Waals surface area contributed by atoms with Gasteiger partial charge in [-0.2, -0.15) is 0 Å². The van der Waals surface area contributed by atoms with Crippen LogP contribution in [0, 0.1) is 0 Å². The van der Waals surface area contributed by atoms with Crippen molar-refractivity contribution in [2.24, 2.45) is 0 Å². The van der Waals surface area contributed by atoms with Crippen molar-refractivity contribution in [3.63, 3.8) is 0 Å². The van der Waals surface area contributed by atoms with E-state index in [4.69, 9.17) is 23.2 Å². The summed E-state index contributed by atoms with van der Waals surface area (Å²) in [6.45, 7) is 0. The number of fused-ring (bicyclic) bond motifs is 8. The van der Waals surface area contributed by atoms with Crippen LogP contribution in [0.15, 0.2) is 176 Å². The standard InChI is InChI=1S/C49H29N3S2/c1-3-10-30(11-4-1)31-18-20-34(21-19-31)47-50-48(35-23-25-39-40-26-22-33-14-7-8-15-38(33)46(40)54-43(39)28-35)52-49(51-47)36-24-27-41-44(29-36)53-42-17-9-16-37(45(41)42)32-12-5-2-6-13-32/h1-29H/i7D,8D,14D,15D,22D,23D,25D,26D,28D. The summed E-state index contributed by atoms with van der Waals surface area (Å²) in [6, 6.07) is 37.0. The van der Waals surface area contributed by atoms with Gasteiger partial charge in [0.25, 0.3) is 0 Å². The Balaban J connectivity index is 1.15. The van der Waals surface area contributed by atoms with E-state index in [1.54, 1.807) is 11.3 Å². The van der Waals surface area contributed by atoms with Gasteiger partial charge in [-0.3, -0.25) is 0 Å². The highest BCUT2D eigenvalue weighted by Gasteiger charge is 2.17. The summed E-state index contributed by atoms with van der Waals surface area (Å²) in [4.78, 5) is 14.8. The van der Waals surface area contributed by atoms with E-state index in [9.17, 15) is 4.11 Å². The Bertz CT molecular complexity index is 3720. The Labute approximate surface area is 332 Å². The van der Waals surface area contributed by atoms with Crippen molar-refractivity contribution in [2.45, 2.75) is 0 Å². The topological polar surface area (TPSA) is 38.7 Å². The molecule has 0 amide bonds. The maximum absolute atomic E-state index is 9.64. The van der Waals surface area contributed by atoms with Crippen molar-refractivity contribution in [3.05, 3.63) is 176 Å². The Hall–Kier alpha value is -6.53. The molecule has 0 radical (unpaired) electrons. The van der Waals surface area contributed by atoms with Crippen LogP contribution in [-0.4, -0.2) is 15.0 Å². The minimum absolute atomic E-state index is 0.00634. The van der Waals surface area contributed by atoms with Crippen LogP contribution < -0.4 is 0 Å². The van der Waals surface area contributed by atoms with Crippen molar-refractivity contribution in [1.82, 2.24) is 15.0 Å². The van der Waals surface area contributed by atoms with Crippen LogP contribution in [-0.2, 0) is 0 Å². The molecule has 0 aliphatic heterocycles. The SMILES string of the molecule is [2H]c1c([2H])c([2H])c2c(c1[2H])c([2H])c([2H])c1c2sc2c([2H])c(-c3nc(-c4ccc(-c5ccccc5)cc4)nc(-c4ccc5c(c4)sc4cccc(-c6ccccc6)c45)n3)c([2H])c([2H])c21. The second-order valence-corrected chi connectivity index (χ2v) is 15.0. The molecule has 3 heterocycles. The summed E-state index contributed by atoms with van der Waals surface area (Å²) in [5.74, 6) is 0.612. The Morgan fingerprint density at radius 2 is 1.07 bits per heavy atom. The first-order valence-electron chi connectivity index (χ1n) is 21.8. The zero-order chi connectivity index (χ0) is 43.4. The summed E-state index contributed by atoms with van der Waals surface area (Å²) < 4.78 is 82.9. The first-order valence-corrected chi connectivity index (χ1v) is 18.9. The molecule has 0 bridgehead atoms. The second kappa shape index (κ2) is 12.6. The molecule has 54 heavy (non-hydrogen) atoms. The third kappa shape index (κ3) is 5.20. The van der Waals surface area contributed by atoms with Crippen molar-refractivity contribution < 1.29 is 12.3 Å². The molecule has 11 rings (SSSR count). The van der Waals surface area contributed by atoms with Crippen LogP contribution in [0.1, 0.15) is 12.3 Å². The number of benzene rings is 8. The number of thiophene rings is 2. The smallest absolute Gasteiger partial charge is 0.164 e. The normalized spacial score (nSPS) is 14.0. The van der Waals surface area contributed by atoms with Crippen molar-refractivity contribution >= 4 is 73.8 Å². The highest BCUT2D eigenvalue weighted by molar-refractivity contribution is 7.27. The molecule has 3 nitrogen and oxygen atoms in total. The summed E-state index contributed by atoms with van der Waals surface area (Å²) in [7, 11) is 0. The van der Waals surface area contributed by atoms with Gasteiger partial charge < -0.3 is 0 Å². The van der Waals surface area contributed by atoms with E-state index < -0.39 is 24.2 Å². The monoisotopic (exact) mass is 732 g/mol. The van der Waals surface area contributed by atoms with Gasteiger partial charge >= 0.3 is 0 Å². The molecule has 0 saturated carbocycles. The maximum atomic E-state index is 9.64. The van der Waals surface area contributed by atoms with Gasteiger partial charge in [0.1, 0.15) is 0 Å². The summed E-state index contributed by atoms with van der Waals surface area (Å²) in [5, 5.41) is 2.37. The fraction of sp³-hybridized carbons (Fsp3) is 0.